The second-order valence-electron chi connectivity index (χ2n) is 7.36. The average molecular weight is 451 g/mol. The molecule has 33 heavy (non-hydrogen) atoms. The second kappa shape index (κ2) is 9.20. The molecule has 2 heterocycles. The van der Waals surface area contributed by atoms with Crippen LogP contribution in [0.25, 0.3) is 5.76 Å². The summed E-state index contributed by atoms with van der Waals surface area (Å²) in [7, 11) is 1.49. The highest BCUT2D eigenvalue weighted by Gasteiger charge is 2.46. The number of likely N-dealkylation sites (tertiary alicyclic amines) is 1. The Morgan fingerprint density at radius 3 is 2.52 bits per heavy atom. The van der Waals surface area contributed by atoms with Gasteiger partial charge >= 0.3 is 0 Å². The van der Waals surface area contributed by atoms with Crippen molar-refractivity contribution in [3.63, 3.8) is 0 Å². The molecule has 1 fully saturated rings. The SMILES string of the molecule is CCOc1ccc(C2/C(=C(\O)c3ccc(F)cc3)C(=O)C(=O)N2Cc2ccco2)cc1OC. The highest BCUT2D eigenvalue weighted by molar-refractivity contribution is 6.46. The molecule has 0 bridgehead atoms. The number of aliphatic hydroxyl groups excluding tert-OH is 1. The van der Waals surface area contributed by atoms with E-state index in [1.807, 2.05) is 6.92 Å². The van der Waals surface area contributed by atoms with E-state index in [4.69, 9.17) is 13.9 Å². The van der Waals surface area contributed by atoms with Gasteiger partial charge < -0.3 is 23.9 Å². The Morgan fingerprint density at radius 1 is 1.12 bits per heavy atom. The van der Waals surface area contributed by atoms with E-state index >= 15 is 0 Å². The van der Waals surface area contributed by atoms with Crippen LogP contribution in [0.2, 0.25) is 0 Å². The zero-order chi connectivity index (χ0) is 23.5. The first kappa shape index (κ1) is 22.1. The molecule has 1 aliphatic heterocycles. The highest BCUT2D eigenvalue weighted by atomic mass is 19.1. The van der Waals surface area contributed by atoms with Crippen molar-refractivity contribution in [1.82, 2.24) is 4.90 Å². The predicted octanol–water partition coefficient (Wildman–Crippen LogP) is 4.45. The average Bonchev–Trinajstić information content (AvgIpc) is 3.42. The number of aliphatic hydroxyl groups is 1. The van der Waals surface area contributed by atoms with Crippen LogP contribution in [0.5, 0.6) is 11.5 Å². The number of rotatable bonds is 7. The third-order valence-corrected chi connectivity index (χ3v) is 5.37. The molecule has 2 aromatic carbocycles. The van der Waals surface area contributed by atoms with Crippen molar-refractivity contribution in [3.05, 3.63) is 89.1 Å². The summed E-state index contributed by atoms with van der Waals surface area (Å²) in [6.07, 6.45) is 1.47. The molecule has 7 nitrogen and oxygen atoms in total. The van der Waals surface area contributed by atoms with Crippen molar-refractivity contribution in [2.45, 2.75) is 19.5 Å². The van der Waals surface area contributed by atoms with E-state index < -0.39 is 29.3 Å². The van der Waals surface area contributed by atoms with Crippen LogP contribution >= 0.6 is 0 Å². The molecule has 1 unspecified atom stereocenters. The lowest BCUT2D eigenvalue weighted by Gasteiger charge is -2.25. The summed E-state index contributed by atoms with van der Waals surface area (Å²) >= 11 is 0. The van der Waals surface area contributed by atoms with Gasteiger partial charge in [-0.15, -0.1) is 0 Å². The number of carbonyl (C=O) groups excluding carboxylic acids is 2. The van der Waals surface area contributed by atoms with Crippen LogP contribution in [0.3, 0.4) is 0 Å². The topological polar surface area (TPSA) is 89.2 Å². The van der Waals surface area contributed by atoms with Crippen molar-refractivity contribution in [2.75, 3.05) is 13.7 Å². The number of Topliss-reactive ketones (excluding diaryl/α,β-unsaturated/α-hetero) is 1. The third-order valence-electron chi connectivity index (χ3n) is 5.37. The van der Waals surface area contributed by atoms with Crippen LogP contribution in [-0.2, 0) is 16.1 Å². The van der Waals surface area contributed by atoms with E-state index in [-0.39, 0.29) is 17.7 Å². The molecular weight excluding hydrogens is 429 g/mol. The molecule has 8 heteroatoms. The molecular formula is C25H22FNO6. The van der Waals surface area contributed by atoms with Crippen molar-refractivity contribution in [2.24, 2.45) is 0 Å². The predicted molar refractivity (Wildman–Crippen MR) is 117 cm³/mol. The Kier molecular flexibility index (Phi) is 6.17. The van der Waals surface area contributed by atoms with Gasteiger partial charge in [0, 0.05) is 5.56 Å². The Balaban J connectivity index is 1.87. The number of halogens is 1. The van der Waals surface area contributed by atoms with Crippen molar-refractivity contribution in [3.8, 4) is 11.5 Å². The number of ether oxygens (including phenoxy) is 2. The first-order valence-electron chi connectivity index (χ1n) is 10.3. The molecule has 1 saturated heterocycles. The van der Waals surface area contributed by atoms with E-state index in [0.29, 0.717) is 29.4 Å². The van der Waals surface area contributed by atoms with Crippen molar-refractivity contribution in [1.29, 1.82) is 0 Å². The molecule has 1 aliphatic rings. The van der Waals surface area contributed by atoms with Gasteiger partial charge in [-0.25, -0.2) is 4.39 Å². The molecule has 1 atom stereocenters. The molecule has 1 N–H and O–H groups in total. The molecule has 0 aliphatic carbocycles. The first-order chi connectivity index (χ1) is 15.9. The highest BCUT2D eigenvalue weighted by Crippen LogP contribution is 2.42. The fourth-order valence-corrected chi connectivity index (χ4v) is 3.85. The minimum Gasteiger partial charge on any atom is -0.507 e. The molecule has 0 spiro atoms. The monoisotopic (exact) mass is 451 g/mol. The van der Waals surface area contributed by atoms with Gasteiger partial charge in [-0.2, -0.15) is 0 Å². The largest absolute Gasteiger partial charge is 0.507 e. The molecule has 1 aromatic heterocycles. The molecule has 3 aromatic rings. The van der Waals surface area contributed by atoms with E-state index in [0.717, 1.165) is 0 Å². The number of amides is 1. The van der Waals surface area contributed by atoms with Crippen LogP contribution in [-0.4, -0.2) is 35.4 Å². The second-order valence-corrected chi connectivity index (χ2v) is 7.36. The van der Waals surface area contributed by atoms with Crippen molar-refractivity contribution < 1.29 is 33.0 Å². The van der Waals surface area contributed by atoms with Crippen LogP contribution in [0.4, 0.5) is 4.39 Å². The van der Waals surface area contributed by atoms with Crippen LogP contribution in [0, 0.1) is 5.82 Å². The van der Waals surface area contributed by atoms with E-state index in [1.165, 1.54) is 42.5 Å². The maximum atomic E-state index is 13.4. The normalized spacial score (nSPS) is 17.4. The summed E-state index contributed by atoms with van der Waals surface area (Å²) in [4.78, 5) is 27.4. The Hall–Kier alpha value is -4.07. The van der Waals surface area contributed by atoms with Gasteiger partial charge in [0.1, 0.15) is 17.3 Å². The van der Waals surface area contributed by atoms with E-state index in [9.17, 15) is 19.1 Å². The number of carbonyl (C=O) groups is 2. The van der Waals surface area contributed by atoms with Crippen LogP contribution < -0.4 is 9.47 Å². The Bertz CT molecular complexity index is 1200. The summed E-state index contributed by atoms with van der Waals surface area (Å²) in [5.41, 5.74) is 0.643. The summed E-state index contributed by atoms with van der Waals surface area (Å²) < 4.78 is 29.8. The number of furan rings is 1. The maximum Gasteiger partial charge on any atom is 0.296 e. The van der Waals surface area contributed by atoms with Gasteiger partial charge in [-0.3, -0.25) is 9.59 Å². The fourth-order valence-electron chi connectivity index (χ4n) is 3.85. The number of ketones is 1. The summed E-state index contributed by atoms with van der Waals surface area (Å²) in [5.74, 6) is -1.12. The minimum absolute atomic E-state index is 0.0119. The van der Waals surface area contributed by atoms with Gasteiger partial charge in [0.15, 0.2) is 11.5 Å². The third kappa shape index (κ3) is 4.19. The molecule has 170 valence electrons. The van der Waals surface area contributed by atoms with E-state index in [1.54, 1.807) is 30.3 Å². The zero-order valence-electron chi connectivity index (χ0n) is 18.1. The van der Waals surface area contributed by atoms with Gasteiger partial charge in [-0.1, -0.05) is 6.07 Å². The van der Waals surface area contributed by atoms with Gasteiger partial charge in [-0.05, 0) is 61.0 Å². The zero-order valence-corrected chi connectivity index (χ0v) is 18.1. The number of nitrogens with zero attached hydrogens (tertiary/aromatic N) is 1. The van der Waals surface area contributed by atoms with Crippen molar-refractivity contribution >= 4 is 17.4 Å². The molecule has 0 saturated carbocycles. The minimum atomic E-state index is -0.926. The van der Waals surface area contributed by atoms with Gasteiger partial charge in [0.2, 0.25) is 0 Å². The quantitative estimate of drug-likeness (QED) is 0.324. The lowest BCUT2D eigenvalue weighted by atomic mass is 9.95. The van der Waals surface area contributed by atoms with Gasteiger partial charge in [0.25, 0.3) is 11.7 Å². The summed E-state index contributed by atoms with van der Waals surface area (Å²) in [6.45, 7) is 2.28. The number of hydrogen-bond donors (Lipinski definition) is 1. The fraction of sp³-hybridized carbons (Fsp3) is 0.200. The number of benzene rings is 2. The molecule has 1 amide bonds. The maximum absolute atomic E-state index is 13.4. The summed E-state index contributed by atoms with van der Waals surface area (Å²) in [6, 6.07) is 12.5. The number of methoxy groups -OCH3 is 1. The first-order valence-corrected chi connectivity index (χ1v) is 10.3. The summed E-state index contributed by atoms with van der Waals surface area (Å²) in [5, 5.41) is 11.0. The standard InChI is InChI=1S/C25H22FNO6/c1-3-32-19-11-8-16(13-20(19)31-2)22-21(23(28)15-6-9-17(26)10-7-15)24(29)25(30)27(22)14-18-5-4-12-33-18/h4-13,22,28H,3,14H2,1-2H3/b23-21+. The molecule has 4 rings (SSSR count). The van der Waals surface area contributed by atoms with Gasteiger partial charge in [0.05, 0.1) is 38.1 Å². The Labute approximate surface area is 189 Å². The lowest BCUT2D eigenvalue weighted by Crippen LogP contribution is -2.29. The Morgan fingerprint density at radius 2 is 1.88 bits per heavy atom. The van der Waals surface area contributed by atoms with Crippen LogP contribution in [0.1, 0.15) is 29.9 Å². The smallest absolute Gasteiger partial charge is 0.296 e. The van der Waals surface area contributed by atoms with E-state index in [2.05, 4.69) is 0 Å². The number of hydrogen-bond acceptors (Lipinski definition) is 6. The lowest BCUT2D eigenvalue weighted by molar-refractivity contribution is -0.140. The van der Waals surface area contributed by atoms with Crippen LogP contribution in [0.15, 0.2) is 70.9 Å². The molecule has 0 radical (unpaired) electrons.